The van der Waals surface area contributed by atoms with Crippen LogP contribution in [-0.2, 0) is 30.3 Å². The van der Waals surface area contributed by atoms with Crippen LogP contribution in [0, 0.1) is 41.9 Å². The van der Waals surface area contributed by atoms with E-state index in [0.29, 0.717) is 25.2 Å². The molecule has 1 amide bonds. The number of carbonyl (C=O) groups excluding carboxylic acids is 3. The van der Waals surface area contributed by atoms with Gasteiger partial charge in [0.2, 0.25) is 0 Å². The first-order valence-electron chi connectivity index (χ1n) is 23.2. The Morgan fingerprint density at radius 3 is 2.29 bits per heavy atom. The Hall–Kier alpha value is -6.45. The largest absolute Gasteiger partial charge is 0.507 e. The van der Waals surface area contributed by atoms with Crippen molar-refractivity contribution in [3.63, 3.8) is 0 Å². The molecule has 11 atom stereocenters. The number of phenolic OH excluding ortho intramolecular Hbond substituents is 3. The van der Waals surface area contributed by atoms with Crippen molar-refractivity contribution in [1.82, 2.24) is 9.91 Å². The van der Waals surface area contributed by atoms with Gasteiger partial charge in [-0.15, -0.1) is 0 Å². The van der Waals surface area contributed by atoms with Crippen molar-refractivity contribution in [1.29, 1.82) is 5.26 Å². The maximum Gasteiger partial charge on any atom is 0.312 e. The number of aliphatic hydroxyl groups is 2. The van der Waals surface area contributed by atoms with Gasteiger partial charge < -0.3 is 49.8 Å². The number of nitrogens with zero attached hydrogens (tertiary/aromatic N) is 4. The van der Waals surface area contributed by atoms with Crippen molar-refractivity contribution in [2.45, 2.75) is 118 Å². The van der Waals surface area contributed by atoms with E-state index in [1.165, 1.54) is 59.4 Å². The number of ether oxygens (including phenoxy) is 4. The van der Waals surface area contributed by atoms with E-state index in [-0.39, 0.29) is 56.6 Å². The molecule has 370 valence electrons. The molecule has 0 saturated carbocycles. The van der Waals surface area contributed by atoms with Crippen LogP contribution >= 0.6 is 0 Å². The topological polar surface area (TPSA) is 244 Å². The molecule has 6 N–H and O–H groups in total. The molecule has 4 aliphatic rings. The summed E-state index contributed by atoms with van der Waals surface area (Å²) in [6, 6.07) is 9.26. The Morgan fingerprint density at radius 1 is 0.971 bits per heavy atom. The van der Waals surface area contributed by atoms with Crippen molar-refractivity contribution >= 4 is 40.3 Å². The number of amides is 1. The highest BCUT2D eigenvalue weighted by molar-refractivity contribution is 6.23. The number of rotatable bonds is 6. The number of nitrogens with one attached hydrogen (secondary N) is 1. The number of aliphatic hydroxyl groups excluding tert-OH is 2. The number of allylic oxidation sites excluding steroid dienone is 2. The third kappa shape index (κ3) is 10.4. The predicted molar refractivity (Wildman–Crippen MR) is 259 cm³/mol. The number of carbonyl (C=O) groups is 3. The SMILES string of the molecule is CO[C@@H]1C=CO[C@@]2(C)Oc3c(C)c(O)c4c(O)c(c(C=NN5[C@H](C)CN(Cc6cccc(C#N)c6)C[C@@H]5C)c(O)c4c3C2=O)NC(=O)C(C)=CC=C[C@H](C)[C@H](O)[C@H](C)[C@H](O)[C@H](C)[C@H](OC(C)=O)[C@H]1C. The summed E-state index contributed by atoms with van der Waals surface area (Å²) in [4.78, 5) is 43.3. The average molecular weight is 952 g/mol. The molecule has 0 unspecified atom stereocenters. The molecule has 3 aromatic carbocycles. The first kappa shape index (κ1) is 51.9. The number of nitriles is 1. The minimum Gasteiger partial charge on any atom is -0.507 e. The van der Waals surface area contributed by atoms with Crippen molar-refractivity contribution in [2.24, 2.45) is 28.8 Å². The predicted octanol–water partition coefficient (Wildman–Crippen LogP) is 6.55. The summed E-state index contributed by atoms with van der Waals surface area (Å²) in [5.41, 5.74) is 1.06. The standard InChI is InChI=1S/C52H65N5O12/c1-26-14-12-15-27(2)51(65)55-42-37(22-54-57-28(3)23-56(24-29(57)4)25-36-17-13-16-35(20-36)21-53)46(62)39-40(47(42)63)45(61)33(8)49-41(39)50(64)52(10,69-49)67-19-18-38(66-11)30(5)48(68-34(9)58)32(7)44(60)31(6)43(26)59/h12-20,22,26,28-32,38,43-44,48,59-63H,23-25H2,1-11H3,(H,55,65)/t26-,28-,29+,30-,31-,32-,38+,43-,44-,48+,52-/m0/s1. The Bertz CT molecular complexity index is 2630. The minimum absolute atomic E-state index is 0.0350. The molecule has 4 aliphatic heterocycles. The second kappa shape index (κ2) is 21.0. The lowest BCUT2D eigenvalue weighted by Crippen LogP contribution is -2.54. The van der Waals surface area contributed by atoms with Crippen molar-refractivity contribution in [3.05, 3.63) is 88.2 Å². The van der Waals surface area contributed by atoms with E-state index in [4.69, 9.17) is 24.0 Å². The van der Waals surface area contributed by atoms with Gasteiger partial charge in [0.1, 0.15) is 23.4 Å². The third-order valence-electron chi connectivity index (χ3n) is 13.8. The summed E-state index contributed by atoms with van der Waals surface area (Å²) >= 11 is 0. The average Bonchev–Trinajstić information content (AvgIpc) is 3.57. The normalized spacial score (nSPS) is 29.4. The van der Waals surface area contributed by atoms with Gasteiger partial charge in [0.15, 0.2) is 5.75 Å². The Labute approximate surface area is 402 Å². The van der Waals surface area contributed by atoms with Crippen LogP contribution in [-0.4, -0.2) is 122 Å². The number of aromatic hydroxyl groups is 3. The van der Waals surface area contributed by atoms with Gasteiger partial charge in [-0.1, -0.05) is 58.1 Å². The second-order valence-electron chi connectivity index (χ2n) is 18.9. The van der Waals surface area contributed by atoms with E-state index in [1.54, 1.807) is 45.9 Å². The van der Waals surface area contributed by atoms with Gasteiger partial charge in [0, 0.05) is 80.8 Å². The minimum atomic E-state index is -2.08. The summed E-state index contributed by atoms with van der Waals surface area (Å²) in [5.74, 6) is -8.64. The van der Waals surface area contributed by atoms with E-state index in [0.717, 1.165) is 5.56 Å². The van der Waals surface area contributed by atoms with Gasteiger partial charge in [-0.05, 0) is 51.5 Å². The molecule has 0 spiro atoms. The monoisotopic (exact) mass is 951 g/mol. The van der Waals surface area contributed by atoms with E-state index < -0.39 is 88.8 Å². The molecule has 0 radical (unpaired) electrons. The number of piperazine rings is 1. The number of esters is 1. The fraction of sp³-hybridized carbons (Fsp3) is 0.481. The van der Waals surface area contributed by atoms with E-state index >= 15 is 0 Å². The molecule has 1 saturated heterocycles. The molecule has 5 bridgehead atoms. The number of phenols is 3. The van der Waals surface area contributed by atoms with Crippen molar-refractivity contribution < 1.29 is 58.9 Å². The van der Waals surface area contributed by atoms with Crippen LogP contribution in [0.1, 0.15) is 94.9 Å². The van der Waals surface area contributed by atoms with Crippen LogP contribution in [0.5, 0.6) is 23.0 Å². The van der Waals surface area contributed by atoms with Gasteiger partial charge in [-0.25, -0.2) is 0 Å². The number of methoxy groups -OCH3 is 1. The summed E-state index contributed by atoms with van der Waals surface area (Å²) in [6.45, 7) is 18.2. The summed E-state index contributed by atoms with van der Waals surface area (Å²) in [5, 5.41) is 77.5. The molecule has 1 fully saturated rings. The maximum absolute atomic E-state index is 14.7. The fourth-order valence-corrected chi connectivity index (χ4v) is 9.77. The molecular weight excluding hydrogens is 887 g/mol. The van der Waals surface area contributed by atoms with Gasteiger partial charge in [-0.3, -0.25) is 24.3 Å². The zero-order chi connectivity index (χ0) is 50.8. The zero-order valence-electron chi connectivity index (χ0n) is 41.1. The number of hydrogen-bond donors (Lipinski definition) is 6. The highest BCUT2D eigenvalue weighted by Crippen LogP contribution is 2.55. The second-order valence-corrected chi connectivity index (χ2v) is 18.9. The van der Waals surface area contributed by atoms with Crippen molar-refractivity contribution in [3.8, 4) is 29.1 Å². The third-order valence-corrected chi connectivity index (χ3v) is 13.8. The quantitative estimate of drug-likeness (QED) is 0.0664. The first-order valence-corrected chi connectivity index (χ1v) is 23.2. The Balaban J connectivity index is 1.48. The molecule has 69 heavy (non-hydrogen) atoms. The van der Waals surface area contributed by atoms with Gasteiger partial charge in [0.25, 0.3) is 11.7 Å². The van der Waals surface area contributed by atoms with E-state index in [9.17, 15) is 45.2 Å². The van der Waals surface area contributed by atoms with Crippen LogP contribution in [0.2, 0.25) is 0 Å². The maximum atomic E-state index is 14.7. The van der Waals surface area contributed by atoms with E-state index in [1.807, 2.05) is 37.1 Å². The number of fused-ring (bicyclic) bond motifs is 14. The molecule has 0 aromatic heterocycles. The van der Waals surface area contributed by atoms with Crippen LogP contribution in [0.25, 0.3) is 10.8 Å². The fourth-order valence-electron chi connectivity index (χ4n) is 9.77. The molecule has 4 heterocycles. The molecular formula is C52H65N5O12. The van der Waals surface area contributed by atoms with Crippen LogP contribution in [0.4, 0.5) is 5.69 Å². The number of hydrazone groups is 1. The lowest BCUT2D eigenvalue weighted by Gasteiger charge is -2.42. The zero-order valence-corrected chi connectivity index (χ0v) is 41.1. The van der Waals surface area contributed by atoms with Crippen LogP contribution in [0.3, 0.4) is 0 Å². The molecule has 17 heteroatoms. The first-order chi connectivity index (χ1) is 32.5. The van der Waals surface area contributed by atoms with Crippen LogP contribution < -0.4 is 10.1 Å². The number of benzene rings is 3. The van der Waals surface area contributed by atoms with Crippen molar-refractivity contribution in [2.75, 3.05) is 25.5 Å². The number of anilines is 1. The van der Waals surface area contributed by atoms with E-state index in [2.05, 4.69) is 16.3 Å². The van der Waals surface area contributed by atoms with Gasteiger partial charge in [-0.2, -0.15) is 10.4 Å². The van der Waals surface area contributed by atoms with Crippen LogP contribution in [0.15, 0.2) is 65.5 Å². The Morgan fingerprint density at radius 2 is 1.65 bits per heavy atom. The van der Waals surface area contributed by atoms with Gasteiger partial charge >= 0.3 is 11.8 Å². The number of ketones is 1. The molecule has 3 aromatic rings. The summed E-state index contributed by atoms with van der Waals surface area (Å²) in [7, 11) is 1.43. The van der Waals surface area contributed by atoms with Gasteiger partial charge in [0.05, 0.1) is 76.7 Å². The highest BCUT2D eigenvalue weighted by Gasteiger charge is 2.50. The lowest BCUT2D eigenvalue weighted by molar-refractivity contribution is -0.160. The lowest BCUT2D eigenvalue weighted by atomic mass is 9.78. The summed E-state index contributed by atoms with van der Waals surface area (Å²) in [6.07, 6.45) is 4.76. The summed E-state index contributed by atoms with van der Waals surface area (Å²) < 4.78 is 23.8. The highest BCUT2D eigenvalue weighted by atomic mass is 16.7. The molecule has 0 aliphatic carbocycles. The molecule has 17 nitrogen and oxygen atoms in total. The molecule has 7 rings (SSSR count). The number of hydrogen-bond acceptors (Lipinski definition) is 16. The smallest absolute Gasteiger partial charge is 0.312 e. The Kier molecular flexibility index (Phi) is 15.8. The number of Topliss-reactive ketones (excluding diaryl/α,β-unsaturated/α-hetero) is 1.